The van der Waals surface area contributed by atoms with Crippen LogP contribution in [0.25, 0.3) is 5.69 Å². The van der Waals surface area contributed by atoms with Gasteiger partial charge in [0.05, 0.1) is 23.1 Å². The molecule has 0 unspecified atom stereocenters. The minimum absolute atomic E-state index is 0. The first-order valence-electron chi connectivity index (χ1n) is 11.8. The molecule has 0 radical (unpaired) electrons. The van der Waals surface area contributed by atoms with Crippen LogP contribution >= 0.6 is 24.0 Å². The highest BCUT2D eigenvalue weighted by atomic mass is 35.5. The predicted molar refractivity (Wildman–Crippen MR) is 140 cm³/mol. The highest BCUT2D eigenvalue weighted by Gasteiger charge is 2.30. The topological polar surface area (TPSA) is 53.4 Å². The largest absolute Gasteiger partial charge is 0.368 e. The van der Waals surface area contributed by atoms with E-state index in [4.69, 9.17) is 16.7 Å². The molecule has 1 aromatic heterocycles. The molecule has 1 N–H and O–H groups in total. The van der Waals surface area contributed by atoms with Crippen LogP contribution in [0.3, 0.4) is 0 Å². The molecule has 5 rings (SSSR count). The van der Waals surface area contributed by atoms with E-state index < -0.39 is 0 Å². The van der Waals surface area contributed by atoms with E-state index >= 15 is 0 Å². The van der Waals surface area contributed by atoms with Crippen LogP contribution in [0.4, 0.5) is 5.69 Å². The zero-order valence-corrected chi connectivity index (χ0v) is 21.0. The van der Waals surface area contributed by atoms with Crippen molar-refractivity contribution >= 4 is 35.6 Å². The molecule has 2 aliphatic heterocycles. The summed E-state index contributed by atoms with van der Waals surface area (Å²) in [4.78, 5) is 18.0. The van der Waals surface area contributed by atoms with E-state index in [2.05, 4.69) is 41.4 Å². The van der Waals surface area contributed by atoms with Crippen LogP contribution in [0.5, 0.6) is 0 Å². The second-order valence-electron chi connectivity index (χ2n) is 8.97. The van der Waals surface area contributed by atoms with Crippen molar-refractivity contribution in [2.24, 2.45) is 0 Å². The number of aromatic nitrogens is 2. The Kier molecular flexibility index (Phi) is 7.81. The average molecular weight is 500 g/mol. The Morgan fingerprint density at radius 2 is 1.56 bits per heavy atom. The van der Waals surface area contributed by atoms with Crippen molar-refractivity contribution in [3.05, 3.63) is 76.6 Å². The lowest BCUT2D eigenvalue weighted by atomic mass is 9.91. The zero-order valence-electron chi connectivity index (χ0n) is 19.4. The number of hydrogen-bond donors (Lipinski definition) is 1. The molecule has 8 heteroatoms. The Hall–Kier alpha value is -2.54. The number of piperazine rings is 1. The van der Waals surface area contributed by atoms with Crippen LogP contribution in [-0.2, 0) is 0 Å². The van der Waals surface area contributed by atoms with Gasteiger partial charge in [0.2, 0.25) is 0 Å². The minimum atomic E-state index is 0. The predicted octanol–water partition coefficient (Wildman–Crippen LogP) is 4.69. The number of hydrogen-bond acceptors (Lipinski definition) is 4. The summed E-state index contributed by atoms with van der Waals surface area (Å²) in [6.45, 7) is 7.03. The van der Waals surface area contributed by atoms with Gasteiger partial charge in [0.25, 0.3) is 5.91 Å². The van der Waals surface area contributed by atoms with Gasteiger partial charge in [0.15, 0.2) is 0 Å². The van der Waals surface area contributed by atoms with Crippen LogP contribution < -0.4 is 10.2 Å². The Morgan fingerprint density at radius 1 is 0.941 bits per heavy atom. The third-order valence-corrected chi connectivity index (χ3v) is 7.05. The highest BCUT2D eigenvalue weighted by molar-refractivity contribution is 6.30. The zero-order chi connectivity index (χ0) is 22.8. The summed E-state index contributed by atoms with van der Waals surface area (Å²) < 4.78 is 1.99. The van der Waals surface area contributed by atoms with Crippen molar-refractivity contribution in [2.75, 3.05) is 44.2 Å². The quantitative estimate of drug-likeness (QED) is 0.565. The maximum atomic E-state index is 13.7. The lowest BCUT2D eigenvalue weighted by Gasteiger charge is -2.36. The molecule has 2 aliphatic rings. The van der Waals surface area contributed by atoms with Crippen molar-refractivity contribution in [2.45, 2.75) is 25.7 Å². The van der Waals surface area contributed by atoms with Gasteiger partial charge in [0, 0.05) is 42.8 Å². The molecule has 34 heavy (non-hydrogen) atoms. The fourth-order valence-corrected chi connectivity index (χ4v) is 5.02. The first-order valence-corrected chi connectivity index (χ1v) is 12.1. The lowest BCUT2D eigenvalue weighted by Crippen LogP contribution is -2.49. The van der Waals surface area contributed by atoms with E-state index in [-0.39, 0.29) is 18.3 Å². The lowest BCUT2D eigenvalue weighted by molar-refractivity contribution is 0.0744. The van der Waals surface area contributed by atoms with Crippen LogP contribution in [-0.4, -0.2) is 59.9 Å². The van der Waals surface area contributed by atoms with Crippen molar-refractivity contribution < 1.29 is 4.79 Å². The SMILES string of the molecule is Cc1ccc(-n2ncc(C(=O)N3CCN(c4ccc(Cl)cc4)CC3)c2C2CCNCC2)cc1.Cl. The van der Waals surface area contributed by atoms with Crippen molar-refractivity contribution in [3.8, 4) is 5.69 Å². The normalized spacial score (nSPS) is 16.9. The highest BCUT2D eigenvalue weighted by Crippen LogP contribution is 2.31. The third-order valence-electron chi connectivity index (χ3n) is 6.80. The minimum Gasteiger partial charge on any atom is -0.368 e. The van der Waals surface area contributed by atoms with E-state index in [0.717, 1.165) is 66.7 Å². The van der Waals surface area contributed by atoms with Crippen molar-refractivity contribution in [1.82, 2.24) is 20.0 Å². The number of halogens is 2. The maximum Gasteiger partial charge on any atom is 0.257 e. The molecule has 2 aromatic carbocycles. The number of nitrogens with zero attached hydrogens (tertiary/aromatic N) is 4. The molecule has 3 heterocycles. The van der Waals surface area contributed by atoms with Gasteiger partial charge in [-0.25, -0.2) is 4.68 Å². The number of amides is 1. The molecule has 0 bridgehead atoms. The Morgan fingerprint density at radius 3 is 2.21 bits per heavy atom. The van der Waals surface area contributed by atoms with Gasteiger partial charge in [-0.1, -0.05) is 29.3 Å². The first-order chi connectivity index (χ1) is 16.1. The fourth-order valence-electron chi connectivity index (χ4n) is 4.89. The van der Waals surface area contributed by atoms with E-state index in [1.807, 2.05) is 33.8 Å². The molecule has 0 saturated carbocycles. The first kappa shape index (κ1) is 24.6. The van der Waals surface area contributed by atoms with Gasteiger partial charge in [-0.05, 0) is 69.3 Å². The molecule has 1 amide bonds. The molecule has 6 nitrogen and oxygen atoms in total. The number of carbonyl (C=O) groups is 1. The summed E-state index contributed by atoms with van der Waals surface area (Å²) in [5, 5.41) is 8.88. The Labute approximate surface area is 212 Å². The molecule has 0 aliphatic carbocycles. The second kappa shape index (κ2) is 10.8. The number of rotatable bonds is 4. The summed E-state index contributed by atoms with van der Waals surface area (Å²) in [7, 11) is 0. The van der Waals surface area contributed by atoms with E-state index in [1.165, 1.54) is 5.56 Å². The molecule has 2 saturated heterocycles. The van der Waals surface area contributed by atoms with Crippen molar-refractivity contribution in [3.63, 3.8) is 0 Å². The van der Waals surface area contributed by atoms with Gasteiger partial charge in [-0.2, -0.15) is 5.10 Å². The number of aryl methyl sites for hydroxylation is 1. The number of carbonyl (C=O) groups excluding carboxylic acids is 1. The van der Waals surface area contributed by atoms with Gasteiger partial charge in [-0.15, -0.1) is 12.4 Å². The van der Waals surface area contributed by atoms with Crippen LogP contribution in [0.2, 0.25) is 5.02 Å². The maximum absolute atomic E-state index is 13.7. The molecule has 0 atom stereocenters. The van der Waals surface area contributed by atoms with E-state index in [0.29, 0.717) is 19.0 Å². The van der Waals surface area contributed by atoms with E-state index in [9.17, 15) is 4.79 Å². The summed E-state index contributed by atoms with van der Waals surface area (Å²) in [6, 6.07) is 16.3. The molecular formula is C26H31Cl2N5O. The van der Waals surface area contributed by atoms with E-state index in [1.54, 1.807) is 6.20 Å². The van der Waals surface area contributed by atoms with Crippen LogP contribution in [0.1, 0.15) is 40.4 Å². The molecule has 0 spiro atoms. The van der Waals surface area contributed by atoms with Gasteiger partial charge < -0.3 is 15.1 Å². The van der Waals surface area contributed by atoms with Crippen molar-refractivity contribution in [1.29, 1.82) is 0 Å². The summed E-state index contributed by atoms with van der Waals surface area (Å²) in [5.74, 6) is 0.419. The standard InChI is InChI=1S/C26H30ClN5O.ClH/c1-19-2-6-23(7-3-19)32-25(20-10-12-28-13-11-20)24(18-29-32)26(33)31-16-14-30(15-17-31)22-8-4-21(27)5-9-22;/h2-9,18,20,28H,10-17H2,1H3;1H. The monoisotopic (exact) mass is 499 g/mol. The number of piperidine rings is 1. The molecule has 3 aromatic rings. The average Bonchev–Trinajstić information content (AvgIpc) is 3.30. The summed E-state index contributed by atoms with van der Waals surface area (Å²) in [5.41, 5.74) is 5.19. The summed E-state index contributed by atoms with van der Waals surface area (Å²) >= 11 is 6.03. The number of nitrogens with one attached hydrogen (secondary N) is 1. The Bertz CT molecular complexity index is 1100. The smallest absolute Gasteiger partial charge is 0.257 e. The molecule has 2 fully saturated rings. The van der Waals surface area contributed by atoms with Gasteiger partial charge in [-0.3, -0.25) is 4.79 Å². The summed E-state index contributed by atoms with van der Waals surface area (Å²) in [6.07, 6.45) is 3.81. The van der Waals surface area contributed by atoms with Gasteiger partial charge in [0.1, 0.15) is 0 Å². The fraction of sp³-hybridized carbons (Fsp3) is 0.385. The van der Waals surface area contributed by atoms with Crippen LogP contribution in [0.15, 0.2) is 54.7 Å². The molecular weight excluding hydrogens is 469 g/mol. The third kappa shape index (κ3) is 5.09. The van der Waals surface area contributed by atoms with Gasteiger partial charge >= 0.3 is 0 Å². The number of benzene rings is 2. The molecule has 180 valence electrons. The van der Waals surface area contributed by atoms with Crippen LogP contribution in [0, 0.1) is 6.92 Å². The Balaban J connectivity index is 0.00000274. The number of anilines is 1. The second-order valence-corrected chi connectivity index (χ2v) is 9.41.